The zero-order chi connectivity index (χ0) is 11.8. The van der Waals surface area contributed by atoms with E-state index in [9.17, 15) is 5.11 Å². The van der Waals surface area contributed by atoms with E-state index in [1.54, 1.807) is 25.3 Å². The molecule has 1 fully saturated rings. The summed E-state index contributed by atoms with van der Waals surface area (Å²) in [5, 5.41) is 13.7. The van der Waals surface area contributed by atoms with Gasteiger partial charge in [0.15, 0.2) is 5.82 Å². The second kappa shape index (κ2) is 3.76. The minimum atomic E-state index is 0.108. The molecule has 0 saturated heterocycles. The van der Waals surface area contributed by atoms with Crippen molar-refractivity contribution in [3.05, 3.63) is 24.0 Å². The number of hydrogen-bond donors (Lipinski definition) is 1. The molecule has 2 aromatic rings. The first-order valence-electron chi connectivity index (χ1n) is 5.49. The Balaban J connectivity index is 2.00. The molecule has 17 heavy (non-hydrogen) atoms. The first-order chi connectivity index (χ1) is 8.28. The van der Waals surface area contributed by atoms with Crippen LogP contribution in [0, 0.1) is 0 Å². The topological polar surface area (TPSA) is 68.4 Å². The number of aromatic nitrogens is 2. The Morgan fingerprint density at radius 2 is 2.24 bits per heavy atom. The Kier molecular flexibility index (Phi) is 2.24. The molecule has 0 bridgehead atoms. The first-order valence-corrected chi connectivity index (χ1v) is 5.49. The Labute approximate surface area is 98.0 Å². The summed E-state index contributed by atoms with van der Waals surface area (Å²) in [7, 11) is 1.57. The highest BCUT2D eigenvalue weighted by Gasteiger charge is 2.29. The molecule has 1 aromatic heterocycles. The van der Waals surface area contributed by atoms with E-state index in [4.69, 9.17) is 9.26 Å². The lowest BCUT2D eigenvalue weighted by atomic mass is 10.2. The van der Waals surface area contributed by atoms with E-state index in [1.807, 2.05) is 0 Å². The molecule has 0 unspecified atom stereocenters. The average Bonchev–Trinajstić information content (AvgIpc) is 3.09. The molecule has 5 heteroatoms. The molecule has 1 N–H and O–H groups in total. The predicted molar refractivity (Wildman–Crippen MR) is 59.9 cm³/mol. The smallest absolute Gasteiger partial charge is 0.261 e. The van der Waals surface area contributed by atoms with Crippen molar-refractivity contribution < 1.29 is 14.4 Å². The maximum absolute atomic E-state index is 9.76. The van der Waals surface area contributed by atoms with Crippen LogP contribution in [0.15, 0.2) is 22.7 Å². The Morgan fingerprint density at radius 1 is 1.41 bits per heavy atom. The minimum absolute atomic E-state index is 0.108. The van der Waals surface area contributed by atoms with Crippen LogP contribution in [0.2, 0.25) is 0 Å². The van der Waals surface area contributed by atoms with Gasteiger partial charge < -0.3 is 14.4 Å². The molecule has 0 atom stereocenters. The number of benzene rings is 1. The van der Waals surface area contributed by atoms with Crippen molar-refractivity contribution in [2.75, 3.05) is 7.11 Å². The van der Waals surface area contributed by atoms with Crippen LogP contribution < -0.4 is 4.74 Å². The van der Waals surface area contributed by atoms with E-state index in [2.05, 4.69) is 10.1 Å². The van der Waals surface area contributed by atoms with Gasteiger partial charge in [-0.2, -0.15) is 4.98 Å². The highest BCUT2D eigenvalue weighted by Crippen LogP contribution is 2.40. The lowest BCUT2D eigenvalue weighted by Gasteiger charge is -2.02. The molecule has 3 rings (SSSR count). The average molecular weight is 232 g/mol. The minimum Gasteiger partial charge on any atom is -0.507 e. The molecule has 0 amide bonds. The maximum Gasteiger partial charge on any atom is 0.261 e. The van der Waals surface area contributed by atoms with Crippen molar-refractivity contribution in [2.45, 2.75) is 18.8 Å². The van der Waals surface area contributed by atoms with Gasteiger partial charge in [0, 0.05) is 5.92 Å². The molecule has 0 radical (unpaired) electrons. The van der Waals surface area contributed by atoms with E-state index in [0.717, 1.165) is 18.7 Å². The standard InChI is InChI=1S/C12H12N2O3/c1-16-8-4-5-10(15)9(6-8)12-13-11(14-17-12)7-2-3-7/h4-7,15H,2-3H2,1H3. The maximum atomic E-state index is 9.76. The van der Waals surface area contributed by atoms with Gasteiger partial charge in [-0.15, -0.1) is 0 Å². The van der Waals surface area contributed by atoms with Crippen LogP contribution in [-0.4, -0.2) is 22.4 Å². The van der Waals surface area contributed by atoms with Gasteiger partial charge in [0.05, 0.1) is 12.7 Å². The van der Waals surface area contributed by atoms with Crippen LogP contribution in [0.25, 0.3) is 11.5 Å². The van der Waals surface area contributed by atoms with Gasteiger partial charge in [-0.1, -0.05) is 5.16 Å². The monoisotopic (exact) mass is 232 g/mol. The molecule has 1 saturated carbocycles. The van der Waals surface area contributed by atoms with E-state index in [0.29, 0.717) is 23.1 Å². The van der Waals surface area contributed by atoms with Crippen LogP contribution in [0.1, 0.15) is 24.6 Å². The fourth-order valence-electron chi connectivity index (χ4n) is 1.67. The molecule has 5 nitrogen and oxygen atoms in total. The van der Waals surface area contributed by atoms with Gasteiger partial charge in [-0.25, -0.2) is 0 Å². The quantitative estimate of drug-likeness (QED) is 0.879. The van der Waals surface area contributed by atoms with E-state index >= 15 is 0 Å². The summed E-state index contributed by atoms with van der Waals surface area (Å²) in [5.41, 5.74) is 0.503. The number of nitrogens with zero attached hydrogens (tertiary/aromatic N) is 2. The van der Waals surface area contributed by atoms with Crippen LogP contribution in [-0.2, 0) is 0 Å². The predicted octanol–water partition coefficient (Wildman–Crippen LogP) is 2.33. The lowest BCUT2D eigenvalue weighted by molar-refractivity contribution is 0.407. The van der Waals surface area contributed by atoms with Crippen LogP contribution in [0.4, 0.5) is 0 Å². The van der Waals surface area contributed by atoms with Gasteiger partial charge in [-0.3, -0.25) is 0 Å². The van der Waals surface area contributed by atoms with Crippen molar-refractivity contribution >= 4 is 0 Å². The molecule has 1 heterocycles. The number of ether oxygens (including phenoxy) is 1. The molecule has 1 aliphatic carbocycles. The number of phenolic OH excluding ortho intramolecular Hbond substituents is 1. The summed E-state index contributed by atoms with van der Waals surface area (Å²) in [5.74, 6) is 2.24. The van der Waals surface area contributed by atoms with Gasteiger partial charge in [0.1, 0.15) is 11.5 Å². The van der Waals surface area contributed by atoms with Gasteiger partial charge in [-0.05, 0) is 31.0 Å². The number of phenols is 1. The molecule has 1 aromatic carbocycles. The molecule has 0 aliphatic heterocycles. The summed E-state index contributed by atoms with van der Waals surface area (Å²) >= 11 is 0. The van der Waals surface area contributed by atoms with Crippen molar-refractivity contribution in [1.29, 1.82) is 0 Å². The summed E-state index contributed by atoms with van der Waals surface area (Å²) in [6, 6.07) is 4.91. The Hall–Kier alpha value is -2.04. The van der Waals surface area contributed by atoms with Gasteiger partial charge in [0.2, 0.25) is 0 Å². The van der Waals surface area contributed by atoms with Gasteiger partial charge >= 0.3 is 0 Å². The van der Waals surface area contributed by atoms with Crippen LogP contribution in [0.3, 0.4) is 0 Å². The molecule has 1 aliphatic rings. The normalized spacial score (nSPS) is 14.9. The fourth-order valence-corrected chi connectivity index (χ4v) is 1.67. The molecule has 0 spiro atoms. The SMILES string of the molecule is COc1ccc(O)c(-c2nc(C3CC3)no2)c1. The third-order valence-electron chi connectivity index (χ3n) is 2.82. The first kappa shape index (κ1) is 10.1. The van der Waals surface area contributed by atoms with Gasteiger partial charge in [0.25, 0.3) is 5.89 Å². The number of rotatable bonds is 3. The Morgan fingerprint density at radius 3 is 2.94 bits per heavy atom. The number of aromatic hydroxyl groups is 1. The second-order valence-electron chi connectivity index (χ2n) is 4.12. The van der Waals surface area contributed by atoms with Crippen molar-refractivity contribution in [2.24, 2.45) is 0 Å². The van der Waals surface area contributed by atoms with Crippen molar-refractivity contribution in [3.8, 4) is 23.0 Å². The largest absolute Gasteiger partial charge is 0.507 e. The molecular weight excluding hydrogens is 220 g/mol. The number of hydrogen-bond acceptors (Lipinski definition) is 5. The van der Waals surface area contributed by atoms with E-state index < -0.39 is 0 Å². The summed E-state index contributed by atoms with van der Waals surface area (Å²) in [4.78, 5) is 4.29. The summed E-state index contributed by atoms with van der Waals surface area (Å²) < 4.78 is 10.3. The highest BCUT2D eigenvalue weighted by atomic mass is 16.5. The lowest BCUT2D eigenvalue weighted by Crippen LogP contribution is -1.86. The zero-order valence-electron chi connectivity index (χ0n) is 9.38. The zero-order valence-corrected chi connectivity index (χ0v) is 9.38. The Bertz CT molecular complexity index is 546. The van der Waals surface area contributed by atoms with Crippen molar-refractivity contribution in [1.82, 2.24) is 10.1 Å². The molecule has 88 valence electrons. The number of methoxy groups -OCH3 is 1. The summed E-state index contributed by atoms with van der Waals surface area (Å²) in [6.07, 6.45) is 2.23. The molecular formula is C12H12N2O3. The third kappa shape index (κ3) is 1.84. The third-order valence-corrected chi connectivity index (χ3v) is 2.82. The van der Waals surface area contributed by atoms with Crippen molar-refractivity contribution in [3.63, 3.8) is 0 Å². The second-order valence-corrected chi connectivity index (χ2v) is 4.12. The fraction of sp³-hybridized carbons (Fsp3) is 0.333. The van der Waals surface area contributed by atoms with E-state index in [1.165, 1.54) is 0 Å². The summed E-state index contributed by atoms with van der Waals surface area (Å²) in [6.45, 7) is 0. The van der Waals surface area contributed by atoms with Crippen LogP contribution in [0.5, 0.6) is 11.5 Å². The van der Waals surface area contributed by atoms with E-state index in [-0.39, 0.29) is 5.75 Å². The van der Waals surface area contributed by atoms with Crippen LogP contribution >= 0.6 is 0 Å². The highest BCUT2D eigenvalue weighted by molar-refractivity contribution is 5.64.